The largest absolute Gasteiger partial charge is 0.350 e. The fraction of sp³-hybridized carbons (Fsp3) is 0.583. The highest BCUT2D eigenvalue weighted by molar-refractivity contribution is 7.71. The fourth-order valence-corrected chi connectivity index (χ4v) is 2.54. The lowest BCUT2D eigenvalue weighted by Gasteiger charge is -2.10. The zero-order valence-corrected chi connectivity index (χ0v) is 9.71. The summed E-state index contributed by atoms with van der Waals surface area (Å²) >= 11 is 5.24. The van der Waals surface area contributed by atoms with Gasteiger partial charge < -0.3 is 4.98 Å². The van der Waals surface area contributed by atoms with Crippen molar-refractivity contribution in [2.75, 3.05) is 0 Å². The van der Waals surface area contributed by atoms with E-state index in [1.54, 1.807) is 5.56 Å². The zero-order chi connectivity index (χ0) is 10.1. The Morgan fingerprint density at radius 1 is 1.43 bits per heavy atom. The molecule has 2 heteroatoms. The van der Waals surface area contributed by atoms with Crippen LogP contribution < -0.4 is 0 Å². The quantitative estimate of drug-likeness (QED) is 0.735. The highest BCUT2D eigenvalue weighted by atomic mass is 32.1. The molecule has 0 unspecified atom stereocenters. The molecule has 1 aromatic rings. The molecule has 1 N–H and O–H groups in total. The van der Waals surface area contributed by atoms with Gasteiger partial charge in [-0.1, -0.05) is 26.1 Å². The standard InChI is InChI=1S/C12H17NS/c1-8(2)6-11-10-5-3-4-9(10)7-12(14)13-11/h7-8H,3-6H2,1-2H3,(H,13,14). The van der Waals surface area contributed by atoms with Gasteiger partial charge >= 0.3 is 0 Å². The van der Waals surface area contributed by atoms with E-state index in [1.165, 1.54) is 30.5 Å². The molecule has 14 heavy (non-hydrogen) atoms. The van der Waals surface area contributed by atoms with Crippen LogP contribution in [0.2, 0.25) is 0 Å². The van der Waals surface area contributed by atoms with Crippen molar-refractivity contribution in [3.63, 3.8) is 0 Å². The van der Waals surface area contributed by atoms with Crippen LogP contribution >= 0.6 is 12.2 Å². The lowest BCUT2D eigenvalue weighted by Crippen LogP contribution is -2.02. The number of rotatable bonds is 2. The van der Waals surface area contributed by atoms with Crippen molar-refractivity contribution in [1.82, 2.24) is 4.98 Å². The molecule has 0 amide bonds. The first-order valence-corrected chi connectivity index (χ1v) is 5.81. The van der Waals surface area contributed by atoms with Crippen molar-refractivity contribution in [2.24, 2.45) is 5.92 Å². The Bertz CT molecular complexity index is 390. The van der Waals surface area contributed by atoms with Gasteiger partial charge in [0.05, 0.1) is 0 Å². The van der Waals surface area contributed by atoms with Gasteiger partial charge in [-0.2, -0.15) is 0 Å². The number of hydrogen-bond acceptors (Lipinski definition) is 1. The topological polar surface area (TPSA) is 15.8 Å². The van der Waals surface area contributed by atoms with Crippen LogP contribution in [0.25, 0.3) is 0 Å². The second-order valence-electron chi connectivity index (χ2n) is 4.57. The Morgan fingerprint density at radius 2 is 2.21 bits per heavy atom. The van der Waals surface area contributed by atoms with E-state index >= 15 is 0 Å². The normalized spacial score (nSPS) is 14.8. The average molecular weight is 207 g/mol. The molecule has 0 radical (unpaired) electrons. The van der Waals surface area contributed by atoms with Gasteiger partial charge in [-0.3, -0.25) is 0 Å². The number of pyridine rings is 1. The third-order valence-corrected chi connectivity index (χ3v) is 3.04. The van der Waals surface area contributed by atoms with Crippen LogP contribution in [0.1, 0.15) is 37.1 Å². The number of H-pyrrole nitrogens is 1. The van der Waals surface area contributed by atoms with Crippen molar-refractivity contribution in [3.8, 4) is 0 Å². The highest BCUT2D eigenvalue weighted by Gasteiger charge is 2.15. The first-order valence-electron chi connectivity index (χ1n) is 5.41. The van der Waals surface area contributed by atoms with Crippen molar-refractivity contribution in [3.05, 3.63) is 27.5 Å². The molecule has 0 atom stereocenters. The first-order chi connectivity index (χ1) is 6.66. The number of hydrogen-bond donors (Lipinski definition) is 1. The van der Waals surface area contributed by atoms with Crippen LogP contribution in [0.3, 0.4) is 0 Å². The molecule has 0 saturated carbocycles. The number of aromatic amines is 1. The molecule has 1 aromatic heterocycles. The Kier molecular flexibility index (Phi) is 2.73. The summed E-state index contributed by atoms with van der Waals surface area (Å²) in [4.78, 5) is 3.35. The van der Waals surface area contributed by atoms with Gasteiger partial charge in [-0.05, 0) is 48.8 Å². The third-order valence-electron chi connectivity index (χ3n) is 2.82. The molecule has 76 valence electrons. The predicted molar refractivity (Wildman–Crippen MR) is 62.2 cm³/mol. The van der Waals surface area contributed by atoms with Gasteiger partial charge in [0.25, 0.3) is 0 Å². The molecular formula is C12H17NS. The second-order valence-corrected chi connectivity index (χ2v) is 5.01. The van der Waals surface area contributed by atoms with Crippen LogP contribution in [-0.4, -0.2) is 4.98 Å². The SMILES string of the molecule is CC(C)Cc1[nH]c(=S)cc2c1CCC2. The molecule has 0 fully saturated rings. The predicted octanol–water partition coefficient (Wildman–Crippen LogP) is 3.43. The summed E-state index contributed by atoms with van der Waals surface area (Å²) in [6, 6.07) is 2.14. The molecule has 0 aliphatic heterocycles. The summed E-state index contributed by atoms with van der Waals surface area (Å²) in [6.45, 7) is 4.51. The summed E-state index contributed by atoms with van der Waals surface area (Å²) in [5.74, 6) is 0.702. The first kappa shape index (κ1) is 9.91. The molecule has 2 rings (SSSR count). The second kappa shape index (κ2) is 3.85. The summed E-state index contributed by atoms with van der Waals surface area (Å²) in [6.07, 6.45) is 4.89. The maximum Gasteiger partial charge on any atom is 0.103 e. The minimum atomic E-state index is 0.702. The maximum atomic E-state index is 5.24. The van der Waals surface area contributed by atoms with E-state index in [0.717, 1.165) is 11.1 Å². The van der Waals surface area contributed by atoms with E-state index in [9.17, 15) is 0 Å². The van der Waals surface area contributed by atoms with Gasteiger partial charge in [0.2, 0.25) is 0 Å². The van der Waals surface area contributed by atoms with Crippen LogP contribution in [0.5, 0.6) is 0 Å². The molecule has 0 spiro atoms. The molecule has 1 heterocycles. The maximum absolute atomic E-state index is 5.24. The van der Waals surface area contributed by atoms with Gasteiger partial charge in [0.1, 0.15) is 4.64 Å². The van der Waals surface area contributed by atoms with Crippen LogP contribution in [-0.2, 0) is 19.3 Å². The van der Waals surface area contributed by atoms with Gasteiger partial charge in [-0.25, -0.2) is 0 Å². The molecule has 1 aliphatic carbocycles. The average Bonchev–Trinajstić information content (AvgIpc) is 2.50. The molecular weight excluding hydrogens is 190 g/mol. The van der Waals surface area contributed by atoms with E-state index < -0.39 is 0 Å². The number of aromatic nitrogens is 1. The van der Waals surface area contributed by atoms with Gasteiger partial charge in [-0.15, -0.1) is 0 Å². The number of fused-ring (bicyclic) bond motifs is 1. The summed E-state index contributed by atoms with van der Waals surface area (Å²) < 4.78 is 0.904. The lowest BCUT2D eigenvalue weighted by atomic mass is 10.0. The summed E-state index contributed by atoms with van der Waals surface area (Å²) in [5.41, 5.74) is 4.43. The van der Waals surface area contributed by atoms with E-state index in [2.05, 4.69) is 24.9 Å². The van der Waals surface area contributed by atoms with Gasteiger partial charge in [0.15, 0.2) is 0 Å². The Balaban J connectivity index is 2.43. The van der Waals surface area contributed by atoms with E-state index in [4.69, 9.17) is 12.2 Å². The summed E-state index contributed by atoms with van der Waals surface area (Å²) in [5, 5.41) is 0. The molecule has 0 bridgehead atoms. The monoisotopic (exact) mass is 207 g/mol. The molecule has 1 nitrogen and oxygen atoms in total. The van der Waals surface area contributed by atoms with Crippen molar-refractivity contribution < 1.29 is 0 Å². The minimum Gasteiger partial charge on any atom is -0.350 e. The Morgan fingerprint density at radius 3 is 2.93 bits per heavy atom. The van der Waals surface area contributed by atoms with Crippen LogP contribution in [0.4, 0.5) is 0 Å². The minimum absolute atomic E-state index is 0.702. The highest BCUT2D eigenvalue weighted by Crippen LogP contribution is 2.25. The smallest absolute Gasteiger partial charge is 0.103 e. The van der Waals surface area contributed by atoms with Crippen molar-refractivity contribution >= 4 is 12.2 Å². The van der Waals surface area contributed by atoms with Crippen LogP contribution in [0, 0.1) is 10.6 Å². The summed E-state index contributed by atoms with van der Waals surface area (Å²) in [7, 11) is 0. The molecule has 0 saturated heterocycles. The third kappa shape index (κ3) is 1.90. The Hall–Kier alpha value is -0.630. The Labute approximate surface area is 90.6 Å². The fourth-order valence-electron chi connectivity index (χ4n) is 2.27. The van der Waals surface area contributed by atoms with Gasteiger partial charge in [0, 0.05) is 5.69 Å². The molecule has 1 aliphatic rings. The number of nitrogens with one attached hydrogen (secondary N) is 1. The molecule has 0 aromatic carbocycles. The lowest BCUT2D eigenvalue weighted by molar-refractivity contribution is 0.630. The van der Waals surface area contributed by atoms with E-state index in [1.807, 2.05) is 0 Å². The van der Waals surface area contributed by atoms with Crippen molar-refractivity contribution in [2.45, 2.75) is 39.5 Å². The zero-order valence-electron chi connectivity index (χ0n) is 8.89. The van der Waals surface area contributed by atoms with E-state index in [0.29, 0.717) is 5.92 Å². The van der Waals surface area contributed by atoms with Crippen LogP contribution in [0.15, 0.2) is 6.07 Å². The number of aryl methyl sites for hydroxylation is 1. The van der Waals surface area contributed by atoms with Crippen molar-refractivity contribution in [1.29, 1.82) is 0 Å². The van der Waals surface area contributed by atoms with E-state index in [-0.39, 0.29) is 0 Å².